The van der Waals surface area contributed by atoms with Crippen LogP contribution in [0, 0.1) is 0 Å². The third-order valence-electron chi connectivity index (χ3n) is 3.90. The molecule has 0 radical (unpaired) electrons. The van der Waals surface area contributed by atoms with Crippen LogP contribution >= 0.6 is 0 Å². The molecule has 1 atom stereocenters. The summed E-state index contributed by atoms with van der Waals surface area (Å²) in [4.78, 5) is 6.63. The molecule has 18 heavy (non-hydrogen) atoms. The number of nitrogens with zero attached hydrogens (tertiary/aromatic N) is 2. The molecule has 0 N–H and O–H groups in total. The lowest BCUT2D eigenvalue weighted by Gasteiger charge is -2.33. The second-order valence-corrected chi connectivity index (χ2v) is 4.95. The highest BCUT2D eigenvalue weighted by molar-refractivity contribution is 5.29. The smallest absolute Gasteiger partial charge is 0.0324 e. The van der Waals surface area contributed by atoms with Crippen LogP contribution in [-0.4, -0.2) is 16.4 Å². The summed E-state index contributed by atoms with van der Waals surface area (Å²) in [5, 5.41) is 0. The van der Waals surface area contributed by atoms with E-state index in [-0.39, 0.29) is 0 Å². The normalized spacial score (nSPS) is 17.2. The summed E-state index contributed by atoms with van der Waals surface area (Å²) in [5.41, 5.74) is 4.34. The highest BCUT2D eigenvalue weighted by Crippen LogP contribution is 2.26. The number of hydrogen-bond acceptors (Lipinski definition) is 2. The molecule has 1 aromatic carbocycles. The highest BCUT2D eigenvalue weighted by Gasteiger charge is 2.21. The zero-order valence-electron chi connectivity index (χ0n) is 10.7. The first-order valence-corrected chi connectivity index (χ1v) is 6.55. The fourth-order valence-corrected chi connectivity index (χ4v) is 2.70. The average Bonchev–Trinajstić information content (AvgIpc) is 2.47. The molecule has 1 aliphatic rings. The van der Waals surface area contributed by atoms with E-state index in [1.807, 2.05) is 12.4 Å². The minimum absolute atomic E-state index is 0.460. The van der Waals surface area contributed by atoms with Crippen LogP contribution in [-0.2, 0) is 13.0 Å². The molecule has 0 fully saturated rings. The van der Waals surface area contributed by atoms with Crippen molar-refractivity contribution in [3.8, 4) is 0 Å². The number of aromatic nitrogens is 1. The first-order chi connectivity index (χ1) is 8.84. The van der Waals surface area contributed by atoms with Gasteiger partial charge in [0, 0.05) is 31.5 Å². The van der Waals surface area contributed by atoms with Crippen LogP contribution in [0.25, 0.3) is 0 Å². The summed E-state index contributed by atoms with van der Waals surface area (Å²) in [6.07, 6.45) is 4.92. The molecular weight excluding hydrogens is 220 g/mol. The quantitative estimate of drug-likeness (QED) is 0.798. The SMILES string of the molecule is C[C@H](c1ccncc1)N1CCc2ccccc2C1. The first kappa shape index (κ1) is 11.4. The molecule has 0 amide bonds. The van der Waals surface area contributed by atoms with E-state index in [2.05, 4.69) is 53.2 Å². The fraction of sp³-hybridized carbons (Fsp3) is 0.312. The predicted octanol–water partition coefficient (Wildman–Crippen LogP) is 3.20. The van der Waals surface area contributed by atoms with Crippen molar-refractivity contribution in [2.75, 3.05) is 6.54 Å². The third kappa shape index (κ3) is 2.16. The van der Waals surface area contributed by atoms with Gasteiger partial charge in [-0.3, -0.25) is 9.88 Å². The lowest BCUT2D eigenvalue weighted by atomic mass is 9.97. The molecule has 2 heterocycles. The Morgan fingerprint density at radius 1 is 1.06 bits per heavy atom. The van der Waals surface area contributed by atoms with Crippen molar-refractivity contribution in [1.82, 2.24) is 9.88 Å². The standard InChI is InChI=1S/C16H18N2/c1-13(14-6-9-17-10-7-14)18-11-8-15-4-2-3-5-16(15)12-18/h2-7,9-10,13H,8,11-12H2,1H3/t13-/m1/s1. The van der Waals surface area contributed by atoms with Crippen molar-refractivity contribution in [2.45, 2.75) is 25.9 Å². The van der Waals surface area contributed by atoms with Crippen molar-refractivity contribution in [2.24, 2.45) is 0 Å². The van der Waals surface area contributed by atoms with Crippen molar-refractivity contribution in [3.05, 3.63) is 65.5 Å². The average molecular weight is 238 g/mol. The van der Waals surface area contributed by atoms with Gasteiger partial charge in [0.05, 0.1) is 0 Å². The van der Waals surface area contributed by atoms with Crippen LogP contribution in [0.15, 0.2) is 48.8 Å². The molecule has 0 aliphatic carbocycles. The van der Waals surface area contributed by atoms with E-state index < -0.39 is 0 Å². The van der Waals surface area contributed by atoms with Gasteiger partial charge in [0.1, 0.15) is 0 Å². The summed E-state index contributed by atoms with van der Waals surface area (Å²) >= 11 is 0. The molecule has 2 heteroatoms. The van der Waals surface area contributed by atoms with Crippen LogP contribution in [0.5, 0.6) is 0 Å². The Labute approximate surface area is 108 Å². The largest absolute Gasteiger partial charge is 0.292 e. The monoisotopic (exact) mass is 238 g/mol. The van der Waals surface area contributed by atoms with Gasteiger partial charge in [0.15, 0.2) is 0 Å². The number of benzene rings is 1. The zero-order chi connectivity index (χ0) is 12.4. The molecule has 0 spiro atoms. The number of rotatable bonds is 2. The summed E-state index contributed by atoms with van der Waals surface area (Å²) in [5.74, 6) is 0. The van der Waals surface area contributed by atoms with E-state index in [0.717, 1.165) is 19.5 Å². The van der Waals surface area contributed by atoms with Crippen LogP contribution in [0.4, 0.5) is 0 Å². The molecule has 92 valence electrons. The van der Waals surface area contributed by atoms with E-state index in [0.29, 0.717) is 6.04 Å². The Hall–Kier alpha value is -1.67. The van der Waals surface area contributed by atoms with Crippen molar-refractivity contribution < 1.29 is 0 Å². The zero-order valence-corrected chi connectivity index (χ0v) is 10.7. The summed E-state index contributed by atoms with van der Waals surface area (Å²) in [6, 6.07) is 13.5. The lowest BCUT2D eigenvalue weighted by molar-refractivity contribution is 0.192. The van der Waals surface area contributed by atoms with Gasteiger partial charge in [-0.25, -0.2) is 0 Å². The Balaban J connectivity index is 1.80. The molecule has 1 aliphatic heterocycles. The third-order valence-corrected chi connectivity index (χ3v) is 3.90. The first-order valence-electron chi connectivity index (χ1n) is 6.55. The summed E-state index contributed by atoms with van der Waals surface area (Å²) in [6.45, 7) is 4.48. The minimum Gasteiger partial charge on any atom is -0.292 e. The Kier molecular flexibility index (Phi) is 3.11. The summed E-state index contributed by atoms with van der Waals surface area (Å²) < 4.78 is 0. The van der Waals surface area contributed by atoms with E-state index in [1.165, 1.54) is 16.7 Å². The van der Waals surface area contributed by atoms with Gasteiger partial charge in [0.25, 0.3) is 0 Å². The maximum absolute atomic E-state index is 4.09. The lowest BCUT2D eigenvalue weighted by Crippen LogP contribution is -2.32. The van der Waals surface area contributed by atoms with Crippen LogP contribution < -0.4 is 0 Å². The van der Waals surface area contributed by atoms with E-state index in [4.69, 9.17) is 0 Å². The van der Waals surface area contributed by atoms with Gasteiger partial charge < -0.3 is 0 Å². The summed E-state index contributed by atoms with van der Waals surface area (Å²) in [7, 11) is 0. The Morgan fingerprint density at radius 3 is 2.56 bits per heavy atom. The molecule has 2 nitrogen and oxygen atoms in total. The van der Waals surface area contributed by atoms with Gasteiger partial charge in [0.2, 0.25) is 0 Å². The Bertz CT molecular complexity index is 522. The van der Waals surface area contributed by atoms with Crippen molar-refractivity contribution >= 4 is 0 Å². The number of hydrogen-bond donors (Lipinski definition) is 0. The van der Waals surface area contributed by atoms with E-state index in [1.54, 1.807) is 0 Å². The van der Waals surface area contributed by atoms with Crippen LogP contribution in [0.3, 0.4) is 0 Å². The second-order valence-electron chi connectivity index (χ2n) is 4.95. The van der Waals surface area contributed by atoms with Gasteiger partial charge in [-0.2, -0.15) is 0 Å². The molecule has 0 saturated heterocycles. The molecule has 0 bridgehead atoms. The van der Waals surface area contributed by atoms with Crippen LogP contribution in [0.2, 0.25) is 0 Å². The van der Waals surface area contributed by atoms with E-state index >= 15 is 0 Å². The number of pyridine rings is 1. The maximum atomic E-state index is 4.09. The molecule has 0 saturated carbocycles. The minimum atomic E-state index is 0.460. The maximum Gasteiger partial charge on any atom is 0.0324 e. The molecule has 1 aromatic heterocycles. The van der Waals surface area contributed by atoms with E-state index in [9.17, 15) is 0 Å². The number of fused-ring (bicyclic) bond motifs is 1. The van der Waals surface area contributed by atoms with Gasteiger partial charge in [-0.15, -0.1) is 0 Å². The van der Waals surface area contributed by atoms with Gasteiger partial charge in [-0.05, 0) is 42.2 Å². The van der Waals surface area contributed by atoms with Gasteiger partial charge in [-0.1, -0.05) is 24.3 Å². The van der Waals surface area contributed by atoms with Crippen molar-refractivity contribution in [1.29, 1.82) is 0 Å². The molecule has 0 unspecified atom stereocenters. The highest BCUT2D eigenvalue weighted by atomic mass is 15.2. The van der Waals surface area contributed by atoms with Crippen LogP contribution in [0.1, 0.15) is 29.7 Å². The Morgan fingerprint density at radius 2 is 1.78 bits per heavy atom. The second kappa shape index (κ2) is 4.91. The topological polar surface area (TPSA) is 16.1 Å². The molecular formula is C16H18N2. The fourth-order valence-electron chi connectivity index (χ4n) is 2.70. The molecule has 3 rings (SSSR count). The predicted molar refractivity (Wildman–Crippen MR) is 73.2 cm³/mol. The van der Waals surface area contributed by atoms with Crippen molar-refractivity contribution in [3.63, 3.8) is 0 Å². The molecule has 2 aromatic rings. The van der Waals surface area contributed by atoms with Gasteiger partial charge >= 0.3 is 0 Å².